The molecule has 1 nitrogen and oxygen atoms in total. The molecule has 0 atom stereocenters. The quantitative estimate of drug-likeness (QED) is 0.381. The highest BCUT2D eigenvalue weighted by molar-refractivity contribution is 4.96. The first kappa shape index (κ1) is 14.3. The van der Waals surface area contributed by atoms with Gasteiger partial charge in [0.25, 0.3) is 0 Å². The third kappa shape index (κ3) is 9.58. The van der Waals surface area contributed by atoms with E-state index < -0.39 is 0 Å². The fourth-order valence-corrected chi connectivity index (χ4v) is 1.57. The SMILES string of the molecule is C=CC=CN(CCCCC)CCCCC. The Balaban J connectivity index is 3.73. The van der Waals surface area contributed by atoms with E-state index in [1.165, 1.54) is 51.6 Å². The molecule has 15 heavy (non-hydrogen) atoms. The maximum atomic E-state index is 3.71. The Morgan fingerprint density at radius 2 is 1.47 bits per heavy atom. The van der Waals surface area contributed by atoms with Gasteiger partial charge in [-0.3, -0.25) is 0 Å². The van der Waals surface area contributed by atoms with Crippen LogP contribution in [-0.2, 0) is 0 Å². The summed E-state index contributed by atoms with van der Waals surface area (Å²) in [5.41, 5.74) is 0. The van der Waals surface area contributed by atoms with E-state index >= 15 is 0 Å². The van der Waals surface area contributed by atoms with Crippen LogP contribution in [0.3, 0.4) is 0 Å². The van der Waals surface area contributed by atoms with Crippen LogP contribution in [0.1, 0.15) is 52.4 Å². The van der Waals surface area contributed by atoms with Gasteiger partial charge in [0.15, 0.2) is 0 Å². The van der Waals surface area contributed by atoms with Crippen LogP contribution in [0.2, 0.25) is 0 Å². The first-order valence-electron chi connectivity index (χ1n) is 6.38. The Bertz CT molecular complexity index is 151. The van der Waals surface area contributed by atoms with Gasteiger partial charge < -0.3 is 4.90 Å². The molecule has 88 valence electrons. The van der Waals surface area contributed by atoms with Crippen molar-refractivity contribution in [1.29, 1.82) is 0 Å². The molecular formula is C14H27N. The third-order valence-electron chi connectivity index (χ3n) is 2.53. The zero-order valence-electron chi connectivity index (χ0n) is 10.5. The first-order valence-corrected chi connectivity index (χ1v) is 6.38. The minimum Gasteiger partial charge on any atom is -0.377 e. The van der Waals surface area contributed by atoms with Crippen molar-refractivity contribution in [3.05, 3.63) is 24.9 Å². The Labute approximate surface area is 95.9 Å². The molecule has 0 aromatic rings. The fraction of sp³-hybridized carbons (Fsp3) is 0.714. The highest BCUT2D eigenvalue weighted by atomic mass is 15.1. The summed E-state index contributed by atoms with van der Waals surface area (Å²) in [6, 6.07) is 0. The smallest absolute Gasteiger partial charge is 0.0172 e. The minimum absolute atomic E-state index is 1.20. The van der Waals surface area contributed by atoms with E-state index in [4.69, 9.17) is 0 Å². The molecule has 0 amide bonds. The van der Waals surface area contributed by atoms with Crippen LogP contribution in [0.25, 0.3) is 0 Å². The van der Waals surface area contributed by atoms with E-state index in [0.717, 1.165) is 0 Å². The summed E-state index contributed by atoms with van der Waals surface area (Å²) in [5.74, 6) is 0. The normalized spacial score (nSPS) is 10.8. The third-order valence-corrected chi connectivity index (χ3v) is 2.53. The average molecular weight is 209 g/mol. The molecule has 0 aliphatic carbocycles. The van der Waals surface area contributed by atoms with Gasteiger partial charge in [-0.2, -0.15) is 0 Å². The number of allylic oxidation sites excluding steroid dienone is 2. The lowest BCUT2D eigenvalue weighted by Gasteiger charge is -2.19. The summed E-state index contributed by atoms with van der Waals surface area (Å²) in [6.07, 6.45) is 14.0. The van der Waals surface area contributed by atoms with Crippen LogP contribution in [0.4, 0.5) is 0 Å². The van der Waals surface area contributed by atoms with E-state index in [1.54, 1.807) is 0 Å². The Morgan fingerprint density at radius 1 is 0.933 bits per heavy atom. The summed E-state index contributed by atoms with van der Waals surface area (Å²) < 4.78 is 0. The highest BCUT2D eigenvalue weighted by Gasteiger charge is 1.97. The lowest BCUT2D eigenvalue weighted by Crippen LogP contribution is -2.19. The van der Waals surface area contributed by atoms with Crippen molar-refractivity contribution in [1.82, 2.24) is 4.90 Å². The zero-order chi connectivity index (χ0) is 11.4. The van der Waals surface area contributed by atoms with Crippen molar-refractivity contribution < 1.29 is 0 Å². The maximum absolute atomic E-state index is 3.71. The lowest BCUT2D eigenvalue weighted by atomic mass is 10.2. The summed E-state index contributed by atoms with van der Waals surface area (Å²) in [7, 11) is 0. The van der Waals surface area contributed by atoms with Gasteiger partial charge in [0.1, 0.15) is 0 Å². The zero-order valence-corrected chi connectivity index (χ0v) is 10.5. The van der Waals surface area contributed by atoms with Crippen molar-refractivity contribution in [3.63, 3.8) is 0 Å². The standard InChI is InChI=1S/C14H27N/c1-4-7-10-13-15(12-9-6-3)14-11-8-5-2/h6,9,12H,3-5,7-8,10-11,13-14H2,1-2H3. The molecule has 0 aliphatic rings. The molecule has 0 aromatic carbocycles. The van der Waals surface area contributed by atoms with E-state index in [2.05, 4.69) is 31.5 Å². The molecule has 0 unspecified atom stereocenters. The van der Waals surface area contributed by atoms with Crippen molar-refractivity contribution in [2.24, 2.45) is 0 Å². The molecule has 0 aliphatic heterocycles. The molecule has 0 spiro atoms. The van der Waals surface area contributed by atoms with Crippen LogP contribution in [0.5, 0.6) is 0 Å². The summed E-state index contributed by atoms with van der Waals surface area (Å²) >= 11 is 0. The van der Waals surface area contributed by atoms with Crippen LogP contribution >= 0.6 is 0 Å². The van der Waals surface area contributed by atoms with Gasteiger partial charge in [-0.05, 0) is 25.1 Å². The largest absolute Gasteiger partial charge is 0.377 e. The number of hydrogen-bond donors (Lipinski definition) is 0. The van der Waals surface area contributed by atoms with E-state index in [0.29, 0.717) is 0 Å². The summed E-state index contributed by atoms with van der Waals surface area (Å²) in [5, 5.41) is 0. The van der Waals surface area contributed by atoms with Crippen LogP contribution in [-0.4, -0.2) is 18.0 Å². The lowest BCUT2D eigenvalue weighted by molar-refractivity contribution is 0.354. The molecule has 0 bridgehead atoms. The highest BCUT2D eigenvalue weighted by Crippen LogP contribution is 2.03. The molecule has 1 heteroatoms. The van der Waals surface area contributed by atoms with Crippen molar-refractivity contribution in [2.45, 2.75) is 52.4 Å². The summed E-state index contributed by atoms with van der Waals surface area (Å²) in [4.78, 5) is 2.42. The molecule has 0 aromatic heterocycles. The molecule has 0 saturated heterocycles. The van der Waals surface area contributed by atoms with Crippen molar-refractivity contribution in [3.8, 4) is 0 Å². The predicted octanol–water partition coefficient (Wildman–Crippen LogP) is 4.37. The molecule has 0 rings (SSSR count). The first-order chi connectivity index (χ1) is 7.35. The number of nitrogens with zero attached hydrogens (tertiary/aromatic N) is 1. The molecule has 0 heterocycles. The second-order valence-corrected chi connectivity index (χ2v) is 4.03. The second-order valence-electron chi connectivity index (χ2n) is 4.03. The van der Waals surface area contributed by atoms with Gasteiger partial charge in [0.2, 0.25) is 0 Å². The Hall–Kier alpha value is -0.720. The van der Waals surface area contributed by atoms with Gasteiger partial charge in [-0.15, -0.1) is 0 Å². The van der Waals surface area contributed by atoms with Crippen LogP contribution in [0.15, 0.2) is 24.9 Å². The second kappa shape index (κ2) is 11.4. The Morgan fingerprint density at radius 3 is 1.87 bits per heavy atom. The predicted molar refractivity (Wildman–Crippen MR) is 70.0 cm³/mol. The monoisotopic (exact) mass is 209 g/mol. The van der Waals surface area contributed by atoms with E-state index in [9.17, 15) is 0 Å². The summed E-state index contributed by atoms with van der Waals surface area (Å²) in [6.45, 7) is 10.6. The molecule has 0 saturated carbocycles. The number of hydrogen-bond acceptors (Lipinski definition) is 1. The van der Waals surface area contributed by atoms with Gasteiger partial charge in [0, 0.05) is 13.1 Å². The van der Waals surface area contributed by atoms with Crippen molar-refractivity contribution in [2.75, 3.05) is 13.1 Å². The minimum atomic E-state index is 1.20. The van der Waals surface area contributed by atoms with Gasteiger partial charge in [0.05, 0.1) is 0 Å². The van der Waals surface area contributed by atoms with Crippen LogP contribution in [0, 0.1) is 0 Å². The average Bonchev–Trinajstić information content (AvgIpc) is 2.25. The maximum Gasteiger partial charge on any atom is 0.0172 e. The van der Waals surface area contributed by atoms with Crippen LogP contribution < -0.4 is 0 Å². The Kier molecular flexibility index (Phi) is 10.8. The number of rotatable bonds is 10. The molecular weight excluding hydrogens is 182 g/mol. The fourth-order valence-electron chi connectivity index (χ4n) is 1.57. The van der Waals surface area contributed by atoms with E-state index in [1.807, 2.05) is 12.2 Å². The van der Waals surface area contributed by atoms with Gasteiger partial charge >= 0.3 is 0 Å². The van der Waals surface area contributed by atoms with E-state index in [-0.39, 0.29) is 0 Å². The molecule has 0 radical (unpaired) electrons. The number of unbranched alkanes of at least 4 members (excludes halogenated alkanes) is 4. The molecule has 0 fully saturated rings. The topological polar surface area (TPSA) is 3.24 Å². The molecule has 0 N–H and O–H groups in total. The van der Waals surface area contributed by atoms with Crippen molar-refractivity contribution >= 4 is 0 Å². The van der Waals surface area contributed by atoms with Gasteiger partial charge in [-0.1, -0.05) is 52.2 Å². The van der Waals surface area contributed by atoms with Gasteiger partial charge in [-0.25, -0.2) is 0 Å².